The molecule has 0 saturated heterocycles. The molecule has 2 N–H and O–H groups in total. The van der Waals surface area contributed by atoms with Crippen molar-refractivity contribution in [1.82, 2.24) is 34.3 Å². The van der Waals surface area contributed by atoms with E-state index in [9.17, 15) is 4.79 Å². The smallest absolute Gasteiger partial charge is 0.228 e. The molecule has 0 amide bonds. The van der Waals surface area contributed by atoms with E-state index in [1.807, 2.05) is 67.0 Å². The second-order valence-corrected chi connectivity index (χ2v) is 8.73. The van der Waals surface area contributed by atoms with Crippen LogP contribution in [0, 0.1) is 0 Å². The number of aromatic nitrogens is 7. The largest absolute Gasteiger partial charge is 0.374 e. The van der Waals surface area contributed by atoms with Crippen LogP contribution < -0.4 is 10.6 Å². The van der Waals surface area contributed by atoms with Crippen LogP contribution in [0.1, 0.15) is 23.7 Å². The SMILES string of the molecule is CNc1cc(-c2ccnc(Nc3ccnn3C)n2)cc2nnc(C(CC=O)Cc3ccc(Cl)cc3)n12. The Hall–Kier alpha value is -4.31. The summed E-state index contributed by atoms with van der Waals surface area (Å²) in [5.41, 5.74) is 3.30. The van der Waals surface area contributed by atoms with Crippen LogP contribution in [0.4, 0.5) is 17.6 Å². The molecule has 11 heteroatoms. The third-order valence-electron chi connectivity index (χ3n) is 5.94. The molecule has 4 aromatic heterocycles. The van der Waals surface area contributed by atoms with Gasteiger partial charge in [-0.1, -0.05) is 23.7 Å². The lowest BCUT2D eigenvalue weighted by atomic mass is 9.96. The molecule has 0 bridgehead atoms. The lowest BCUT2D eigenvalue weighted by Gasteiger charge is -2.16. The molecule has 0 aliphatic rings. The number of fused-ring (bicyclic) bond motifs is 1. The summed E-state index contributed by atoms with van der Waals surface area (Å²) in [5, 5.41) is 20.2. The van der Waals surface area contributed by atoms with Gasteiger partial charge < -0.3 is 15.4 Å². The van der Waals surface area contributed by atoms with Gasteiger partial charge in [0.05, 0.1) is 11.9 Å². The van der Waals surface area contributed by atoms with Gasteiger partial charge in [-0.15, -0.1) is 10.2 Å². The van der Waals surface area contributed by atoms with Crippen molar-refractivity contribution in [3.63, 3.8) is 0 Å². The van der Waals surface area contributed by atoms with Crippen LogP contribution in [0.5, 0.6) is 0 Å². The molecular formula is C25H24ClN9O. The van der Waals surface area contributed by atoms with Gasteiger partial charge in [0.15, 0.2) is 5.65 Å². The zero-order valence-electron chi connectivity index (χ0n) is 19.8. The van der Waals surface area contributed by atoms with E-state index in [1.54, 1.807) is 17.1 Å². The van der Waals surface area contributed by atoms with E-state index in [-0.39, 0.29) is 5.92 Å². The number of hydrogen-bond donors (Lipinski definition) is 2. The Morgan fingerprint density at radius 3 is 2.61 bits per heavy atom. The molecule has 5 aromatic rings. The second kappa shape index (κ2) is 10.1. The molecule has 182 valence electrons. The van der Waals surface area contributed by atoms with Crippen LogP contribution in [-0.4, -0.2) is 47.7 Å². The predicted octanol–water partition coefficient (Wildman–Crippen LogP) is 4.27. The Kier molecular flexibility index (Phi) is 6.59. The van der Waals surface area contributed by atoms with Crippen molar-refractivity contribution < 1.29 is 4.79 Å². The summed E-state index contributed by atoms with van der Waals surface area (Å²) in [7, 11) is 3.68. The Bertz CT molecular complexity index is 1510. The third kappa shape index (κ3) is 4.76. The van der Waals surface area contributed by atoms with E-state index in [1.165, 1.54) is 0 Å². The number of nitrogens with zero attached hydrogens (tertiary/aromatic N) is 7. The molecule has 1 unspecified atom stereocenters. The van der Waals surface area contributed by atoms with Crippen LogP contribution in [0.25, 0.3) is 16.9 Å². The van der Waals surface area contributed by atoms with Crippen molar-refractivity contribution in [3.8, 4) is 11.3 Å². The quantitative estimate of drug-likeness (QED) is 0.288. The van der Waals surface area contributed by atoms with Crippen LogP contribution >= 0.6 is 11.6 Å². The summed E-state index contributed by atoms with van der Waals surface area (Å²) >= 11 is 6.04. The lowest BCUT2D eigenvalue weighted by molar-refractivity contribution is -0.108. The highest BCUT2D eigenvalue weighted by Gasteiger charge is 2.21. The Morgan fingerprint density at radius 1 is 1.06 bits per heavy atom. The molecule has 36 heavy (non-hydrogen) atoms. The average Bonchev–Trinajstić information content (AvgIpc) is 3.50. The maximum Gasteiger partial charge on any atom is 0.228 e. The van der Waals surface area contributed by atoms with Crippen LogP contribution in [-0.2, 0) is 18.3 Å². The second-order valence-electron chi connectivity index (χ2n) is 8.29. The van der Waals surface area contributed by atoms with Crippen molar-refractivity contribution in [2.24, 2.45) is 7.05 Å². The molecule has 4 heterocycles. The summed E-state index contributed by atoms with van der Waals surface area (Å²) in [4.78, 5) is 20.5. The van der Waals surface area contributed by atoms with Crippen molar-refractivity contribution in [3.05, 3.63) is 77.3 Å². The van der Waals surface area contributed by atoms with E-state index >= 15 is 0 Å². The van der Waals surface area contributed by atoms with Crippen LogP contribution in [0.2, 0.25) is 5.02 Å². The number of halogens is 1. The number of aryl methyl sites for hydroxylation is 1. The number of anilines is 3. The highest BCUT2D eigenvalue weighted by Crippen LogP contribution is 2.30. The Balaban J connectivity index is 1.50. The number of pyridine rings is 1. The van der Waals surface area contributed by atoms with E-state index in [2.05, 4.69) is 35.9 Å². The van der Waals surface area contributed by atoms with Crippen molar-refractivity contribution in [2.45, 2.75) is 18.8 Å². The zero-order chi connectivity index (χ0) is 25.1. The van der Waals surface area contributed by atoms with Gasteiger partial charge in [-0.2, -0.15) is 5.10 Å². The van der Waals surface area contributed by atoms with Gasteiger partial charge in [0.1, 0.15) is 23.7 Å². The van der Waals surface area contributed by atoms with Gasteiger partial charge in [-0.25, -0.2) is 9.97 Å². The normalized spacial score (nSPS) is 12.0. The summed E-state index contributed by atoms with van der Waals surface area (Å²) in [6.45, 7) is 0. The molecular weight excluding hydrogens is 478 g/mol. The van der Waals surface area contributed by atoms with E-state index in [0.717, 1.165) is 34.7 Å². The van der Waals surface area contributed by atoms with Gasteiger partial charge in [-0.3, -0.25) is 9.08 Å². The number of hydrogen-bond acceptors (Lipinski definition) is 8. The minimum absolute atomic E-state index is 0.148. The fraction of sp³-hybridized carbons (Fsp3) is 0.200. The molecule has 0 fully saturated rings. The number of carbonyl (C=O) groups excluding carboxylic acids is 1. The van der Waals surface area contributed by atoms with Crippen molar-refractivity contribution >= 4 is 41.1 Å². The number of benzene rings is 1. The van der Waals surface area contributed by atoms with Gasteiger partial charge in [0.25, 0.3) is 0 Å². The maximum atomic E-state index is 11.5. The molecule has 5 rings (SSSR count). The number of carbonyl (C=O) groups is 1. The minimum Gasteiger partial charge on any atom is -0.374 e. The number of nitrogens with one attached hydrogen (secondary N) is 2. The summed E-state index contributed by atoms with van der Waals surface area (Å²) in [6, 6.07) is 15.2. The van der Waals surface area contributed by atoms with Gasteiger partial charge in [0.2, 0.25) is 5.95 Å². The lowest BCUT2D eigenvalue weighted by Crippen LogP contribution is -2.11. The van der Waals surface area contributed by atoms with Gasteiger partial charge >= 0.3 is 0 Å². The molecule has 0 aliphatic heterocycles. The molecule has 10 nitrogen and oxygen atoms in total. The zero-order valence-corrected chi connectivity index (χ0v) is 20.5. The number of rotatable bonds is 9. The maximum absolute atomic E-state index is 11.5. The minimum atomic E-state index is -0.148. The monoisotopic (exact) mass is 501 g/mol. The fourth-order valence-corrected chi connectivity index (χ4v) is 4.26. The highest BCUT2D eigenvalue weighted by molar-refractivity contribution is 6.30. The van der Waals surface area contributed by atoms with E-state index < -0.39 is 0 Å². The van der Waals surface area contributed by atoms with E-state index in [0.29, 0.717) is 35.3 Å². The molecule has 1 aromatic carbocycles. The van der Waals surface area contributed by atoms with Crippen LogP contribution in [0.3, 0.4) is 0 Å². The topological polar surface area (TPSA) is 115 Å². The first kappa shape index (κ1) is 23.4. The highest BCUT2D eigenvalue weighted by atomic mass is 35.5. The fourth-order valence-electron chi connectivity index (χ4n) is 4.13. The van der Waals surface area contributed by atoms with Crippen molar-refractivity contribution in [1.29, 1.82) is 0 Å². The Morgan fingerprint density at radius 2 is 1.89 bits per heavy atom. The van der Waals surface area contributed by atoms with Gasteiger partial charge in [0, 0.05) is 49.3 Å². The first-order chi connectivity index (χ1) is 17.6. The molecule has 0 saturated carbocycles. The summed E-state index contributed by atoms with van der Waals surface area (Å²) in [6.07, 6.45) is 5.28. The molecule has 0 spiro atoms. The predicted molar refractivity (Wildman–Crippen MR) is 139 cm³/mol. The average molecular weight is 502 g/mol. The van der Waals surface area contributed by atoms with E-state index in [4.69, 9.17) is 11.6 Å². The van der Waals surface area contributed by atoms with Crippen molar-refractivity contribution in [2.75, 3.05) is 17.7 Å². The van der Waals surface area contributed by atoms with Gasteiger partial charge in [-0.05, 0) is 42.3 Å². The first-order valence-corrected chi connectivity index (χ1v) is 11.8. The molecule has 1 atom stereocenters. The third-order valence-corrected chi connectivity index (χ3v) is 6.19. The molecule has 0 aliphatic carbocycles. The molecule has 0 radical (unpaired) electrons. The summed E-state index contributed by atoms with van der Waals surface area (Å²) in [5.74, 6) is 2.59. The summed E-state index contributed by atoms with van der Waals surface area (Å²) < 4.78 is 3.66. The number of aldehydes is 1. The standard InChI is InChI=1S/C25H24ClN9O/c1-27-22-14-18(20-7-10-28-25(30-20)31-21-8-11-29-34(21)2)15-23-32-33-24(35(22)23)17(9-12-36)13-16-3-5-19(26)6-4-16/h3-8,10-12,14-15,17,27H,9,13H2,1-2H3,(H,28,30,31). The first-order valence-electron chi connectivity index (χ1n) is 11.4. The Labute approximate surface area is 212 Å². The van der Waals surface area contributed by atoms with Crippen LogP contribution in [0.15, 0.2) is 60.9 Å².